The number of halogens is 6. The number of benzene rings is 1. The molecule has 1 aromatic carbocycles. The number of carbonyl (C=O) groups is 1. The maximum Gasteiger partial charge on any atom is 0.418 e. The van der Waals surface area contributed by atoms with Crippen LogP contribution in [0.15, 0.2) is 12.1 Å². The lowest BCUT2D eigenvalue weighted by atomic mass is 9.94. The third-order valence-corrected chi connectivity index (χ3v) is 10.0. The Hall–Kier alpha value is -3.40. The van der Waals surface area contributed by atoms with Crippen LogP contribution in [0, 0.1) is 0 Å². The van der Waals surface area contributed by atoms with Gasteiger partial charge in [-0.2, -0.15) is 28.2 Å². The fraction of sp³-hybridized carbons (Fsp3) is 0.562. The van der Waals surface area contributed by atoms with Crippen molar-refractivity contribution >= 4 is 40.6 Å². The first-order valence-corrected chi connectivity index (χ1v) is 16.8. The van der Waals surface area contributed by atoms with E-state index in [1.54, 1.807) is 18.8 Å². The number of methoxy groups -OCH3 is 1. The fourth-order valence-corrected chi connectivity index (χ4v) is 7.64. The highest BCUT2D eigenvalue weighted by atomic mass is 35.5. The highest BCUT2D eigenvalue weighted by Gasteiger charge is 2.40. The molecule has 4 aliphatic rings. The SMILES string of the molecule is COc1nc2c(c(N3CCCn4nc(C(=O)N(C)C)c(Cl)c4C3)n1)COC(c1cc(N)cc(Cl)c1C(F)(F)F)C2.FC1CC2CCCN2C1. The molecule has 2 saturated heterocycles. The molecule has 0 radical (unpaired) electrons. The number of anilines is 2. The van der Waals surface area contributed by atoms with Crippen LogP contribution in [0.3, 0.4) is 0 Å². The lowest BCUT2D eigenvalue weighted by Crippen LogP contribution is -2.29. The molecular formula is C32H38Cl2F4N8O3. The van der Waals surface area contributed by atoms with E-state index in [0.29, 0.717) is 54.9 Å². The Bertz CT molecular complexity index is 1710. The molecule has 3 aromatic rings. The molecule has 0 aliphatic carbocycles. The van der Waals surface area contributed by atoms with Crippen LogP contribution in [0.25, 0.3) is 0 Å². The number of rotatable bonds is 4. The molecule has 6 heterocycles. The molecule has 7 rings (SSSR count). The van der Waals surface area contributed by atoms with Gasteiger partial charge in [-0.15, -0.1) is 0 Å². The molecule has 4 aliphatic heterocycles. The maximum absolute atomic E-state index is 13.9. The lowest BCUT2D eigenvalue weighted by molar-refractivity contribution is -0.139. The van der Waals surface area contributed by atoms with Crippen LogP contribution in [-0.2, 0) is 37.0 Å². The molecule has 49 heavy (non-hydrogen) atoms. The summed E-state index contributed by atoms with van der Waals surface area (Å²) in [6.07, 6.45) is -2.22. The summed E-state index contributed by atoms with van der Waals surface area (Å²) in [6, 6.07) is 2.97. The van der Waals surface area contributed by atoms with Crippen molar-refractivity contribution in [2.24, 2.45) is 0 Å². The predicted molar refractivity (Wildman–Crippen MR) is 176 cm³/mol. The molecule has 3 unspecified atom stereocenters. The molecule has 1 amide bonds. The Morgan fingerprint density at radius 3 is 2.61 bits per heavy atom. The Labute approximate surface area is 291 Å². The molecule has 17 heteroatoms. The number of carbonyl (C=O) groups excluding carboxylic acids is 1. The summed E-state index contributed by atoms with van der Waals surface area (Å²) in [6.45, 7) is 3.18. The summed E-state index contributed by atoms with van der Waals surface area (Å²) in [5, 5.41) is 4.20. The maximum atomic E-state index is 13.9. The quantitative estimate of drug-likeness (QED) is 0.267. The van der Waals surface area contributed by atoms with Crippen molar-refractivity contribution in [1.29, 1.82) is 0 Å². The number of fused-ring (bicyclic) bond motifs is 3. The number of alkyl halides is 4. The molecule has 0 bridgehead atoms. The minimum atomic E-state index is -4.71. The van der Waals surface area contributed by atoms with Gasteiger partial charge in [0.25, 0.3) is 5.91 Å². The number of nitrogens with zero attached hydrogens (tertiary/aromatic N) is 7. The first kappa shape index (κ1) is 35.4. The number of aryl methyl sites for hydroxylation is 1. The molecular weight excluding hydrogens is 691 g/mol. The summed E-state index contributed by atoms with van der Waals surface area (Å²) in [4.78, 5) is 27.3. The normalized spacial score (nSPS) is 22.1. The van der Waals surface area contributed by atoms with Gasteiger partial charge in [0.05, 0.1) is 53.4 Å². The van der Waals surface area contributed by atoms with Crippen molar-refractivity contribution < 1.29 is 31.8 Å². The highest BCUT2D eigenvalue weighted by molar-refractivity contribution is 6.34. The van der Waals surface area contributed by atoms with Gasteiger partial charge >= 0.3 is 12.2 Å². The van der Waals surface area contributed by atoms with E-state index < -0.39 is 29.0 Å². The van der Waals surface area contributed by atoms with Gasteiger partial charge in [0.15, 0.2) is 5.69 Å². The van der Waals surface area contributed by atoms with Crippen LogP contribution < -0.4 is 15.4 Å². The highest BCUT2D eigenvalue weighted by Crippen LogP contribution is 2.44. The number of ether oxygens (including phenoxy) is 2. The summed E-state index contributed by atoms with van der Waals surface area (Å²) in [5.74, 6) is 0.200. The topological polar surface area (TPSA) is 115 Å². The van der Waals surface area contributed by atoms with Crippen molar-refractivity contribution in [1.82, 2.24) is 29.5 Å². The minimum absolute atomic E-state index is 0.0120. The Morgan fingerprint density at radius 1 is 1.14 bits per heavy atom. The Kier molecular flexibility index (Phi) is 10.2. The van der Waals surface area contributed by atoms with E-state index in [4.69, 9.17) is 38.4 Å². The molecule has 2 aromatic heterocycles. The number of aromatic nitrogens is 4. The van der Waals surface area contributed by atoms with Crippen LogP contribution in [0.4, 0.5) is 29.1 Å². The minimum Gasteiger partial charge on any atom is -0.467 e. The second kappa shape index (κ2) is 14.1. The van der Waals surface area contributed by atoms with Gasteiger partial charge in [0, 0.05) is 57.4 Å². The number of amides is 1. The zero-order valence-electron chi connectivity index (χ0n) is 27.4. The fourth-order valence-electron chi connectivity index (χ4n) is 7.02. The van der Waals surface area contributed by atoms with Crippen LogP contribution in [-0.4, -0.2) is 88.5 Å². The third kappa shape index (κ3) is 7.26. The van der Waals surface area contributed by atoms with Crippen molar-refractivity contribution in [3.05, 3.63) is 56.0 Å². The number of hydrogen-bond donors (Lipinski definition) is 1. The molecule has 11 nitrogen and oxygen atoms in total. The number of hydrogen-bond acceptors (Lipinski definition) is 9. The first-order chi connectivity index (χ1) is 23.2. The molecule has 0 spiro atoms. The van der Waals surface area contributed by atoms with Crippen LogP contribution in [0.2, 0.25) is 10.0 Å². The predicted octanol–water partition coefficient (Wildman–Crippen LogP) is 5.71. The van der Waals surface area contributed by atoms with E-state index in [-0.39, 0.29) is 53.5 Å². The lowest BCUT2D eigenvalue weighted by Gasteiger charge is -2.31. The van der Waals surface area contributed by atoms with Gasteiger partial charge in [-0.1, -0.05) is 23.2 Å². The van der Waals surface area contributed by atoms with Crippen LogP contribution >= 0.6 is 23.2 Å². The van der Waals surface area contributed by atoms with Crippen molar-refractivity contribution in [3.63, 3.8) is 0 Å². The van der Waals surface area contributed by atoms with E-state index in [1.165, 1.54) is 30.9 Å². The molecule has 2 N–H and O–H groups in total. The van der Waals surface area contributed by atoms with E-state index >= 15 is 0 Å². The Morgan fingerprint density at radius 2 is 1.92 bits per heavy atom. The van der Waals surface area contributed by atoms with Gasteiger partial charge < -0.3 is 25.0 Å². The zero-order valence-corrected chi connectivity index (χ0v) is 28.9. The van der Waals surface area contributed by atoms with Crippen molar-refractivity contribution in [2.45, 2.75) is 76.3 Å². The molecule has 3 atom stereocenters. The smallest absolute Gasteiger partial charge is 0.418 e. The van der Waals surface area contributed by atoms with E-state index in [9.17, 15) is 22.4 Å². The van der Waals surface area contributed by atoms with Gasteiger partial charge in [-0.3, -0.25) is 14.4 Å². The van der Waals surface area contributed by atoms with E-state index in [0.717, 1.165) is 19.0 Å². The summed E-state index contributed by atoms with van der Waals surface area (Å²) in [5.41, 5.74) is 6.70. The summed E-state index contributed by atoms with van der Waals surface area (Å²) in [7, 11) is 4.66. The number of nitrogen functional groups attached to an aromatic ring is 1. The largest absolute Gasteiger partial charge is 0.467 e. The van der Waals surface area contributed by atoms with Gasteiger partial charge in [-0.25, -0.2) is 4.39 Å². The number of nitrogens with two attached hydrogens (primary N) is 1. The van der Waals surface area contributed by atoms with Crippen molar-refractivity contribution in [2.75, 3.05) is 51.5 Å². The van der Waals surface area contributed by atoms with Crippen LogP contribution in [0.5, 0.6) is 6.01 Å². The van der Waals surface area contributed by atoms with Crippen molar-refractivity contribution in [3.8, 4) is 6.01 Å². The van der Waals surface area contributed by atoms with E-state index in [2.05, 4.69) is 20.0 Å². The molecule has 2 fully saturated rings. The van der Waals surface area contributed by atoms with Gasteiger partial charge in [0.2, 0.25) is 0 Å². The summed E-state index contributed by atoms with van der Waals surface area (Å²) < 4.78 is 67.4. The monoisotopic (exact) mass is 728 g/mol. The molecule has 266 valence electrons. The van der Waals surface area contributed by atoms with E-state index in [1.807, 2.05) is 4.90 Å². The average molecular weight is 730 g/mol. The first-order valence-electron chi connectivity index (χ1n) is 16.1. The zero-order chi connectivity index (χ0) is 35.2. The van der Waals surface area contributed by atoms with Gasteiger partial charge in [-0.05, 0) is 49.9 Å². The average Bonchev–Trinajstić information content (AvgIpc) is 3.66. The third-order valence-electron chi connectivity index (χ3n) is 9.31. The second-order valence-electron chi connectivity index (χ2n) is 12.9. The Balaban J connectivity index is 0.000000396. The van der Waals surface area contributed by atoms with Gasteiger partial charge in [0.1, 0.15) is 12.0 Å². The summed E-state index contributed by atoms with van der Waals surface area (Å²) >= 11 is 12.6. The second-order valence-corrected chi connectivity index (χ2v) is 13.6. The molecule has 0 saturated carbocycles. The standard InChI is InChI=1S/C25H26Cl2F3N7O3.C7H12FN/c1-35(2)23(38)21-20(27)17-10-36(5-4-6-37(17)34-21)22-14-11-40-18(9-16(14)32-24(33-22)39-3)13-7-12(31)8-15(26)19(13)25(28,29)30;8-6-4-7-2-1-3-9(7)5-6/h7-8,18H,4-6,9-11,31H2,1-3H3;6-7H,1-5H2. The van der Waals surface area contributed by atoms with Crippen LogP contribution in [0.1, 0.15) is 70.4 Å².